The summed E-state index contributed by atoms with van der Waals surface area (Å²) in [5, 5.41) is 13.8. The molecule has 0 amide bonds. The third kappa shape index (κ3) is 5.18. The number of ether oxygens (including phenoxy) is 1. The van der Waals surface area contributed by atoms with Crippen LogP contribution in [0, 0.1) is 17.8 Å². The van der Waals surface area contributed by atoms with Gasteiger partial charge in [-0.15, -0.1) is 0 Å². The molecule has 0 saturated carbocycles. The van der Waals surface area contributed by atoms with Gasteiger partial charge in [0.05, 0.1) is 0 Å². The lowest BCUT2D eigenvalue weighted by Crippen LogP contribution is -2.30. The summed E-state index contributed by atoms with van der Waals surface area (Å²) < 4.78 is 28.8. The van der Waals surface area contributed by atoms with Crippen LogP contribution in [-0.4, -0.2) is 23.6 Å². The average molecular weight is 383 g/mol. The van der Waals surface area contributed by atoms with Crippen LogP contribution in [0.3, 0.4) is 0 Å². The molecule has 0 aromatic heterocycles. The van der Waals surface area contributed by atoms with Gasteiger partial charge in [0, 0.05) is 29.3 Å². The number of benzene rings is 1. The van der Waals surface area contributed by atoms with Crippen molar-refractivity contribution in [2.75, 3.05) is 5.32 Å². The minimum absolute atomic E-state index is 0.0594. The van der Waals surface area contributed by atoms with E-state index in [2.05, 4.69) is 21.9 Å². The Kier molecular flexibility index (Phi) is 6.41. The van der Waals surface area contributed by atoms with Crippen LogP contribution in [0.5, 0.6) is 0 Å². The van der Waals surface area contributed by atoms with E-state index >= 15 is 0 Å². The van der Waals surface area contributed by atoms with Crippen molar-refractivity contribution in [2.24, 2.45) is 5.92 Å². The zero-order valence-corrected chi connectivity index (χ0v) is 14.9. The van der Waals surface area contributed by atoms with E-state index in [1.807, 2.05) is 48.6 Å². The van der Waals surface area contributed by atoms with Gasteiger partial charge in [0.2, 0.25) is 0 Å². The predicted molar refractivity (Wildman–Crippen MR) is 102 cm³/mol. The van der Waals surface area contributed by atoms with E-state index < -0.39 is 24.4 Å². The molecule has 1 aromatic carbocycles. The smallest absolute Gasteiger partial charge is 0.388 e. The number of para-hydroxylation sites is 1. The molecule has 144 valence electrons. The summed E-state index contributed by atoms with van der Waals surface area (Å²) in [5.74, 6) is 3.97. The Bertz CT molecular complexity index is 905. The highest BCUT2D eigenvalue weighted by Crippen LogP contribution is 2.24. The molecule has 2 aliphatic rings. The molecule has 0 saturated heterocycles. The van der Waals surface area contributed by atoms with Gasteiger partial charge < -0.3 is 15.2 Å². The molecule has 0 fully saturated rings. The number of ketones is 1. The Balaban J connectivity index is 1.69. The summed E-state index contributed by atoms with van der Waals surface area (Å²) in [7, 11) is 0. The average Bonchev–Trinajstić information content (AvgIpc) is 2.93. The first-order valence-corrected chi connectivity index (χ1v) is 8.80. The fourth-order valence-electron chi connectivity index (χ4n) is 2.92. The highest BCUT2D eigenvalue weighted by molar-refractivity contribution is 5.99. The molecule has 4 nitrogen and oxygen atoms in total. The van der Waals surface area contributed by atoms with Gasteiger partial charge in [-0.2, -0.15) is 8.78 Å². The maximum atomic E-state index is 12.7. The first-order chi connectivity index (χ1) is 13.5. The topological polar surface area (TPSA) is 58.6 Å². The van der Waals surface area contributed by atoms with Crippen LogP contribution in [0.15, 0.2) is 77.7 Å². The van der Waals surface area contributed by atoms with E-state index in [4.69, 9.17) is 0 Å². The Morgan fingerprint density at radius 3 is 2.79 bits per heavy atom. The number of alkyl halides is 2. The zero-order valence-electron chi connectivity index (χ0n) is 14.9. The molecule has 0 bridgehead atoms. The molecular weight excluding hydrogens is 364 g/mol. The van der Waals surface area contributed by atoms with Crippen molar-refractivity contribution in [2.45, 2.75) is 25.6 Å². The molecule has 0 spiro atoms. The molecule has 0 aliphatic heterocycles. The van der Waals surface area contributed by atoms with Crippen LogP contribution < -0.4 is 5.32 Å². The number of aliphatic hydroxyl groups excluding tert-OH is 1. The largest absolute Gasteiger partial charge is 0.426 e. The second kappa shape index (κ2) is 9.16. The second-order valence-electron chi connectivity index (χ2n) is 6.30. The van der Waals surface area contributed by atoms with Gasteiger partial charge in [-0.1, -0.05) is 42.3 Å². The summed E-state index contributed by atoms with van der Waals surface area (Å²) in [4.78, 5) is 12.7. The van der Waals surface area contributed by atoms with Gasteiger partial charge >= 0.3 is 6.61 Å². The number of carbonyl (C=O) groups excluding carboxylic acids is 1. The molecule has 28 heavy (non-hydrogen) atoms. The number of halogens is 2. The van der Waals surface area contributed by atoms with E-state index in [1.54, 1.807) is 0 Å². The maximum absolute atomic E-state index is 12.7. The number of nitrogens with one attached hydrogen (secondary N) is 1. The Labute approximate surface area is 161 Å². The molecule has 0 heterocycles. The van der Waals surface area contributed by atoms with Crippen molar-refractivity contribution in [3.63, 3.8) is 0 Å². The number of rotatable bonds is 7. The minimum Gasteiger partial charge on any atom is -0.426 e. The fraction of sp³-hybridized carbons (Fsp3) is 0.227. The summed E-state index contributed by atoms with van der Waals surface area (Å²) in [6.45, 7) is -2.98. The van der Waals surface area contributed by atoms with E-state index in [0.717, 1.165) is 11.4 Å². The van der Waals surface area contributed by atoms with Crippen LogP contribution in [0.25, 0.3) is 0 Å². The zero-order chi connectivity index (χ0) is 19.9. The highest BCUT2D eigenvalue weighted by atomic mass is 19.3. The minimum atomic E-state index is -2.98. The molecule has 1 aromatic rings. The monoisotopic (exact) mass is 383 g/mol. The van der Waals surface area contributed by atoms with Gasteiger partial charge in [-0.25, -0.2) is 0 Å². The SMILES string of the molecule is O=C(C1=CC=C(OC(F)F)C#CC1)C(O)C1C=C(Nc2ccccc2)C=CC1. The fourth-order valence-corrected chi connectivity index (χ4v) is 2.92. The van der Waals surface area contributed by atoms with Crippen molar-refractivity contribution < 1.29 is 23.4 Å². The summed E-state index contributed by atoms with van der Waals surface area (Å²) in [6.07, 6.45) is 7.52. The van der Waals surface area contributed by atoms with Gasteiger partial charge in [0.25, 0.3) is 0 Å². The van der Waals surface area contributed by atoms with Gasteiger partial charge in [0.1, 0.15) is 6.10 Å². The number of hydrogen-bond acceptors (Lipinski definition) is 4. The molecule has 0 radical (unpaired) electrons. The van der Waals surface area contributed by atoms with Crippen LogP contribution in [0.1, 0.15) is 12.8 Å². The lowest BCUT2D eigenvalue weighted by molar-refractivity contribution is -0.125. The number of aliphatic hydroxyl groups is 1. The standard InChI is InChI=1S/C22H19F2NO3/c23-22(24)28-19-11-5-6-15(12-13-19)20(26)21(27)16-7-4-10-18(14-16)25-17-8-2-1-3-9-17/h1-4,8-10,12-14,16,21-22,25,27H,6-7H2. The van der Waals surface area contributed by atoms with Gasteiger partial charge in [0.15, 0.2) is 11.5 Å². The van der Waals surface area contributed by atoms with Gasteiger partial charge in [-0.3, -0.25) is 4.79 Å². The van der Waals surface area contributed by atoms with Crippen molar-refractivity contribution in [3.05, 3.63) is 77.7 Å². The van der Waals surface area contributed by atoms with E-state index in [1.165, 1.54) is 12.2 Å². The molecule has 6 heteroatoms. The lowest BCUT2D eigenvalue weighted by atomic mass is 9.88. The Morgan fingerprint density at radius 1 is 1.25 bits per heavy atom. The third-order valence-corrected chi connectivity index (χ3v) is 4.29. The van der Waals surface area contributed by atoms with E-state index in [0.29, 0.717) is 6.42 Å². The Hall–Kier alpha value is -3.17. The van der Waals surface area contributed by atoms with E-state index in [-0.39, 0.29) is 17.8 Å². The predicted octanol–water partition coefficient (Wildman–Crippen LogP) is 3.95. The highest BCUT2D eigenvalue weighted by Gasteiger charge is 2.27. The maximum Gasteiger partial charge on any atom is 0.388 e. The normalized spacial score (nSPS) is 19.4. The third-order valence-electron chi connectivity index (χ3n) is 4.29. The molecule has 2 aliphatic carbocycles. The number of hydrogen-bond donors (Lipinski definition) is 2. The molecule has 3 rings (SSSR count). The van der Waals surface area contributed by atoms with Crippen molar-refractivity contribution in [3.8, 4) is 11.8 Å². The molecular formula is C22H19F2NO3. The van der Waals surface area contributed by atoms with Crippen LogP contribution >= 0.6 is 0 Å². The lowest BCUT2D eigenvalue weighted by Gasteiger charge is -2.22. The number of carbonyl (C=O) groups is 1. The summed E-state index contributed by atoms with van der Waals surface area (Å²) in [5.41, 5.74) is 1.95. The second-order valence-corrected chi connectivity index (χ2v) is 6.30. The first kappa shape index (κ1) is 19.6. The van der Waals surface area contributed by atoms with Crippen molar-refractivity contribution in [1.82, 2.24) is 0 Å². The quantitative estimate of drug-likeness (QED) is 0.700. The summed E-state index contributed by atoms with van der Waals surface area (Å²) in [6, 6.07) is 9.56. The van der Waals surface area contributed by atoms with Gasteiger partial charge in [-0.05, 0) is 36.6 Å². The van der Waals surface area contributed by atoms with Crippen LogP contribution in [-0.2, 0) is 9.53 Å². The van der Waals surface area contributed by atoms with Crippen LogP contribution in [0.2, 0.25) is 0 Å². The number of allylic oxidation sites excluding steroid dienone is 5. The van der Waals surface area contributed by atoms with Crippen molar-refractivity contribution >= 4 is 11.5 Å². The summed E-state index contributed by atoms with van der Waals surface area (Å²) >= 11 is 0. The Morgan fingerprint density at radius 2 is 2.04 bits per heavy atom. The number of Topliss-reactive ketones (excluding diaryl/α,β-unsaturated/α-hetero) is 1. The van der Waals surface area contributed by atoms with Crippen LogP contribution in [0.4, 0.5) is 14.5 Å². The molecule has 2 unspecified atom stereocenters. The van der Waals surface area contributed by atoms with E-state index in [9.17, 15) is 18.7 Å². The van der Waals surface area contributed by atoms with Crippen molar-refractivity contribution in [1.29, 1.82) is 0 Å². The molecule has 2 atom stereocenters. The molecule has 2 N–H and O–H groups in total. The number of anilines is 1. The first-order valence-electron chi connectivity index (χ1n) is 8.80.